The molecule has 0 saturated carbocycles. The van der Waals surface area contributed by atoms with E-state index >= 15 is 0 Å². The Bertz CT molecular complexity index is 634. The monoisotopic (exact) mass is 353 g/mol. The molecule has 1 aromatic carbocycles. The van der Waals surface area contributed by atoms with Crippen molar-refractivity contribution in [1.82, 2.24) is 5.32 Å². The Balaban J connectivity index is 2.12. The summed E-state index contributed by atoms with van der Waals surface area (Å²) in [6.45, 7) is 5.65. The highest BCUT2D eigenvalue weighted by Gasteiger charge is 2.47. The van der Waals surface area contributed by atoms with E-state index in [1.807, 2.05) is 51.1 Å². The minimum atomic E-state index is -1.74. The predicted molar refractivity (Wildman–Crippen MR) is 94.4 cm³/mol. The molecule has 1 aliphatic carbocycles. The summed E-state index contributed by atoms with van der Waals surface area (Å²) in [7, 11) is 0. The van der Waals surface area contributed by atoms with E-state index in [1.165, 1.54) is 0 Å². The molecule has 0 spiro atoms. The number of hydrogen-bond acceptors (Lipinski definition) is 2. The van der Waals surface area contributed by atoms with Crippen LogP contribution in [-0.2, 0) is 4.79 Å². The Hall–Kier alpha value is -1.29. The molecule has 124 valence electrons. The highest BCUT2D eigenvalue weighted by Crippen LogP contribution is 2.41. The fourth-order valence-corrected chi connectivity index (χ4v) is 3.15. The lowest BCUT2D eigenvalue weighted by Crippen LogP contribution is -2.47. The number of aliphatic hydroxyl groups excluding tert-OH is 1. The third kappa shape index (κ3) is 3.79. The molecule has 3 atom stereocenters. The number of hydrogen-bond donors (Lipinski definition) is 2. The van der Waals surface area contributed by atoms with Gasteiger partial charge in [0.2, 0.25) is 4.33 Å². The van der Waals surface area contributed by atoms with E-state index in [1.54, 1.807) is 12.2 Å². The van der Waals surface area contributed by atoms with Crippen LogP contribution in [0.3, 0.4) is 0 Å². The van der Waals surface area contributed by atoms with Crippen molar-refractivity contribution in [2.24, 2.45) is 5.92 Å². The number of allylic oxidation sites excluding steroid dienone is 1. The highest BCUT2D eigenvalue weighted by molar-refractivity contribution is 6.58. The van der Waals surface area contributed by atoms with Crippen molar-refractivity contribution >= 4 is 29.1 Å². The molecule has 5 heteroatoms. The Labute approximate surface area is 147 Å². The fraction of sp³-hybridized carbons (Fsp3) is 0.389. The van der Waals surface area contributed by atoms with Crippen LogP contribution in [0.1, 0.15) is 32.4 Å². The van der Waals surface area contributed by atoms with Gasteiger partial charge in [-0.1, -0.05) is 71.3 Å². The van der Waals surface area contributed by atoms with Crippen LogP contribution in [0.4, 0.5) is 0 Å². The lowest BCUT2D eigenvalue weighted by atomic mass is 9.96. The lowest BCUT2D eigenvalue weighted by Gasteiger charge is -2.29. The van der Waals surface area contributed by atoms with Gasteiger partial charge in [0, 0.05) is 5.92 Å². The first kappa shape index (κ1) is 18.1. The van der Waals surface area contributed by atoms with Crippen molar-refractivity contribution in [3.8, 4) is 0 Å². The summed E-state index contributed by atoms with van der Waals surface area (Å²) in [6, 6.07) is 9.31. The van der Waals surface area contributed by atoms with Gasteiger partial charge in [-0.05, 0) is 31.9 Å². The topological polar surface area (TPSA) is 49.3 Å². The van der Waals surface area contributed by atoms with Gasteiger partial charge in [0.25, 0.3) is 5.91 Å². The molecule has 0 unspecified atom stereocenters. The van der Waals surface area contributed by atoms with Crippen LogP contribution >= 0.6 is 23.2 Å². The van der Waals surface area contributed by atoms with Crippen LogP contribution in [0, 0.1) is 5.92 Å². The van der Waals surface area contributed by atoms with E-state index in [0.29, 0.717) is 0 Å². The summed E-state index contributed by atoms with van der Waals surface area (Å²) in [4.78, 5) is 12.5. The van der Waals surface area contributed by atoms with Gasteiger partial charge in [0.15, 0.2) is 0 Å². The van der Waals surface area contributed by atoms with E-state index in [2.05, 4.69) is 5.32 Å². The van der Waals surface area contributed by atoms with Crippen LogP contribution < -0.4 is 5.32 Å². The zero-order valence-electron chi connectivity index (χ0n) is 13.4. The van der Waals surface area contributed by atoms with Gasteiger partial charge in [0.1, 0.15) is 0 Å². The molecular formula is C18H21Cl2NO2. The fourth-order valence-electron chi connectivity index (χ4n) is 2.66. The number of carbonyl (C=O) groups excluding carboxylic acids is 1. The van der Waals surface area contributed by atoms with Crippen LogP contribution in [0.2, 0.25) is 0 Å². The van der Waals surface area contributed by atoms with Crippen molar-refractivity contribution in [2.45, 2.75) is 37.3 Å². The quantitative estimate of drug-likeness (QED) is 0.805. The van der Waals surface area contributed by atoms with Gasteiger partial charge < -0.3 is 10.4 Å². The number of rotatable bonds is 4. The SMILES string of the molecule is CC(C)=C1C=C[C@H](C(Cl)(Cl)C(=O)N[C@H](C)c2ccccc2)[C@@H]1O. The molecule has 1 aromatic rings. The molecule has 0 saturated heterocycles. The van der Waals surface area contributed by atoms with Gasteiger partial charge in [-0.15, -0.1) is 0 Å². The Morgan fingerprint density at radius 1 is 1.26 bits per heavy atom. The second-order valence-electron chi connectivity index (χ2n) is 6.01. The second kappa shape index (κ2) is 7.08. The number of alkyl halides is 2. The first-order chi connectivity index (χ1) is 10.7. The minimum absolute atomic E-state index is 0.231. The largest absolute Gasteiger partial charge is 0.388 e. The molecule has 3 nitrogen and oxygen atoms in total. The van der Waals surface area contributed by atoms with Crippen molar-refractivity contribution in [2.75, 3.05) is 0 Å². The third-order valence-corrected chi connectivity index (χ3v) is 4.94. The zero-order chi connectivity index (χ0) is 17.2. The van der Waals surface area contributed by atoms with Gasteiger partial charge in [-0.25, -0.2) is 0 Å². The molecule has 1 amide bonds. The molecule has 0 aromatic heterocycles. The third-order valence-electron chi connectivity index (χ3n) is 4.09. The van der Waals surface area contributed by atoms with Crippen LogP contribution in [0.25, 0.3) is 0 Å². The summed E-state index contributed by atoms with van der Waals surface area (Å²) in [5, 5.41) is 13.2. The normalized spacial score (nSPS) is 22.1. The Morgan fingerprint density at radius 3 is 2.39 bits per heavy atom. The number of nitrogens with one attached hydrogen (secondary N) is 1. The van der Waals surface area contributed by atoms with Gasteiger partial charge in [0.05, 0.1) is 12.1 Å². The van der Waals surface area contributed by atoms with Crippen LogP contribution in [0.5, 0.6) is 0 Å². The van der Waals surface area contributed by atoms with E-state index in [-0.39, 0.29) is 6.04 Å². The van der Waals surface area contributed by atoms with Crippen molar-refractivity contribution in [3.05, 3.63) is 59.2 Å². The van der Waals surface area contributed by atoms with Gasteiger partial charge >= 0.3 is 0 Å². The van der Waals surface area contributed by atoms with Gasteiger partial charge in [-0.2, -0.15) is 0 Å². The number of carbonyl (C=O) groups is 1. The molecular weight excluding hydrogens is 333 g/mol. The molecule has 0 fully saturated rings. The summed E-state index contributed by atoms with van der Waals surface area (Å²) < 4.78 is -1.74. The first-order valence-electron chi connectivity index (χ1n) is 7.52. The van der Waals surface area contributed by atoms with Crippen molar-refractivity contribution in [3.63, 3.8) is 0 Å². The average molecular weight is 354 g/mol. The number of amides is 1. The van der Waals surface area contributed by atoms with Gasteiger partial charge in [-0.3, -0.25) is 4.79 Å². The Morgan fingerprint density at radius 2 is 1.87 bits per heavy atom. The van der Waals surface area contributed by atoms with Crippen LogP contribution in [0.15, 0.2) is 53.6 Å². The predicted octanol–water partition coefficient (Wildman–Crippen LogP) is 3.92. The standard InChI is InChI=1S/C18H21Cl2NO2/c1-11(2)14-9-10-15(16(14)22)18(19,20)17(23)21-12(3)13-7-5-4-6-8-13/h4-10,12,15-16,22H,1-3H3,(H,21,23)/t12-,15+,16-/m1/s1. The smallest absolute Gasteiger partial charge is 0.257 e. The van der Waals surface area contributed by atoms with E-state index < -0.39 is 22.3 Å². The summed E-state index contributed by atoms with van der Waals surface area (Å²) in [5.74, 6) is -1.19. The maximum Gasteiger partial charge on any atom is 0.257 e. The van der Waals surface area contributed by atoms with Crippen LogP contribution in [-0.4, -0.2) is 21.5 Å². The highest BCUT2D eigenvalue weighted by atomic mass is 35.5. The molecule has 23 heavy (non-hydrogen) atoms. The molecule has 0 radical (unpaired) electrons. The number of benzene rings is 1. The van der Waals surface area contributed by atoms with E-state index in [9.17, 15) is 9.90 Å². The number of halogens is 2. The zero-order valence-corrected chi connectivity index (χ0v) is 14.9. The molecule has 0 aliphatic heterocycles. The van der Waals surface area contributed by atoms with Crippen molar-refractivity contribution < 1.29 is 9.90 Å². The molecule has 2 N–H and O–H groups in total. The number of aliphatic hydroxyl groups is 1. The minimum Gasteiger partial charge on any atom is -0.388 e. The summed E-state index contributed by atoms with van der Waals surface area (Å²) >= 11 is 12.6. The Kier molecular flexibility index (Phi) is 5.56. The summed E-state index contributed by atoms with van der Waals surface area (Å²) in [5.41, 5.74) is 2.68. The summed E-state index contributed by atoms with van der Waals surface area (Å²) in [6.07, 6.45) is 2.59. The maximum absolute atomic E-state index is 12.5. The van der Waals surface area contributed by atoms with Crippen molar-refractivity contribution in [1.29, 1.82) is 0 Å². The second-order valence-corrected chi connectivity index (χ2v) is 7.40. The molecule has 1 aliphatic rings. The molecule has 0 bridgehead atoms. The average Bonchev–Trinajstić information content (AvgIpc) is 2.90. The first-order valence-corrected chi connectivity index (χ1v) is 8.28. The van der Waals surface area contributed by atoms with E-state index in [0.717, 1.165) is 16.7 Å². The molecule has 0 heterocycles. The molecule has 2 rings (SSSR count). The lowest BCUT2D eigenvalue weighted by molar-refractivity contribution is -0.123. The van der Waals surface area contributed by atoms with E-state index in [4.69, 9.17) is 23.2 Å². The maximum atomic E-state index is 12.5.